The summed E-state index contributed by atoms with van der Waals surface area (Å²) in [5.41, 5.74) is 6.84. The maximum absolute atomic E-state index is 14.6. The van der Waals surface area contributed by atoms with Crippen molar-refractivity contribution in [3.63, 3.8) is 0 Å². The van der Waals surface area contributed by atoms with E-state index in [0.717, 1.165) is 72.3 Å². The number of benzene rings is 2. The van der Waals surface area contributed by atoms with Crippen LogP contribution in [0, 0.1) is 11.6 Å². The van der Waals surface area contributed by atoms with Crippen LogP contribution in [0.15, 0.2) is 48.7 Å². The Labute approximate surface area is 294 Å². The molecule has 0 bridgehead atoms. The summed E-state index contributed by atoms with van der Waals surface area (Å²) in [6, 6.07) is 11.2. The van der Waals surface area contributed by atoms with Crippen LogP contribution in [0.5, 0.6) is 5.75 Å². The van der Waals surface area contributed by atoms with E-state index in [1.807, 2.05) is 45.0 Å². The number of nitrogens with one attached hydrogen (secondary N) is 1. The van der Waals surface area contributed by atoms with Gasteiger partial charge in [0.1, 0.15) is 33.6 Å². The molecule has 0 atom stereocenters. The average Bonchev–Trinajstić information content (AvgIpc) is 3.47. The number of methoxy groups -OCH3 is 1. The van der Waals surface area contributed by atoms with Gasteiger partial charge in [-0.15, -0.1) is 11.3 Å². The molecule has 1 saturated carbocycles. The fourth-order valence-corrected chi connectivity index (χ4v) is 6.92. The van der Waals surface area contributed by atoms with Gasteiger partial charge in [-0.3, -0.25) is 14.6 Å². The van der Waals surface area contributed by atoms with E-state index in [2.05, 4.69) is 16.0 Å². The molecular weight excluding hydrogens is 674 g/mol. The summed E-state index contributed by atoms with van der Waals surface area (Å²) in [6.07, 6.45) is 6.60. The van der Waals surface area contributed by atoms with E-state index in [-0.39, 0.29) is 50.2 Å². The Kier molecular flexibility index (Phi) is 14.5. The smallest absolute Gasteiger partial charge is 0.407 e. The van der Waals surface area contributed by atoms with Gasteiger partial charge >= 0.3 is 6.09 Å². The second-order valence-corrected chi connectivity index (χ2v) is 13.5. The Hall–Kier alpha value is -4.13. The number of pyridine rings is 1. The van der Waals surface area contributed by atoms with Crippen LogP contribution in [-0.4, -0.2) is 61.0 Å². The highest BCUT2D eigenvalue weighted by Gasteiger charge is 2.31. The third kappa shape index (κ3) is 10.2. The monoisotopic (exact) mass is 716 g/mol. The molecule has 9 nitrogen and oxygen atoms in total. The van der Waals surface area contributed by atoms with E-state index >= 15 is 0 Å². The van der Waals surface area contributed by atoms with Gasteiger partial charge in [0.15, 0.2) is 6.29 Å². The molecule has 3 N–H and O–H groups in total. The first-order valence-electron chi connectivity index (χ1n) is 15.8. The summed E-state index contributed by atoms with van der Waals surface area (Å²) in [6.45, 7) is 5.69. The van der Waals surface area contributed by atoms with Crippen molar-refractivity contribution in [2.24, 2.45) is 5.73 Å². The number of hydrogen-bond donors (Lipinski definition) is 2. The number of aromatic nitrogens is 1. The number of carbonyl (C=O) groups is 3. The van der Waals surface area contributed by atoms with Crippen molar-refractivity contribution in [2.75, 3.05) is 21.2 Å². The molecule has 264 valence electrons. The zero-order valence-electron chi connectivity index (χ0n) is 28.6. The fraction of sp³-hybridized carbons (Fsp3) is 0.389. The molecule has 0 radical (unpaired) electrons. The number of nitrogens with two attached hydrogens (primary N) is 1. The van der Waals surface area contributed by atoms with Crippen LogP contribution in [0.2, 0.25) is 5.02 Å². The quantitative estimate of drug-likeness (QED) is 0.184. The van der Waals surface area contributed by atoms with Crippen molar-refractivity contribution in [2.45, 2.75) is 71.1 Å². The average molecular weight is 717 g/mol. The van der Waals surface area contributed by atoms with E-state index in [9.17, 15) is 23.2 Å². The molecule has 0 aliphatic heterocycles. The van der Waals surface area contributed by atoms with Gasteiger partial charge in [0.25, 0.3) is 5.91 Å². The standard InChI is InChI=1S/C29H25ClF2N2O3S.C6H13NO2.CH5N/c1-37-24-10-7-17(18-11-12-33-20(14-18)16-35)13-19(24)15-34(21-5-3-2-4-6-21)29(36)28-26(30)25-22(31)8-9-23(32)27(25)38-28;1-6(2,3)9-5(8)7-4;1-2/h7-14,16,21H,2-6,15H2,1H3;1-4H3,(H,7,8);2H2,1H3. The van der Waals surface area contributed by atoms with Crippen molar-refractivity contribution in [1.29, 1.82) is 0 Å². The van der Waals surface area contributed by atoms with Crippen LogP contribution in [0.1, 0.15) is 78.6 Å². The number of hydrogen-bond acceptors (Lipinski definition) is 8. The van der Waals surface area contributed by atoms with Crippen molar-refractivity contribution < 1.29 is 32.6 Å². The summed E-state index contributed by atoms with van der Waals surface area (Å²) in [5, 5.41) is 2.23. The zero-order valence-corrected chi connectivity index (χ0v) is 30.1. The molecule has 1 aliphatic carbocycles. The Bertz CT molecular complexity index is 1760. The number of fused-ring (bicyclic) bond motifs is 1. The maximum atomic E-state index is 14.6. The lowest BCUT2D eigenvalue weighted by atomic mass is 9.93. The molecule has 13 heteroatoms. The molecule has 2 heterocycles. The maximum Gasteiger partial charge on any atom is 0.407 e. The number of ether oxygens (including phenoxy) is 2. The predicted octanol–water partition coefficient (Wildman–Crippen LogP) is 8.41. The highest BCUT2D eigenvalue weighted by atomic mass is 35.5. The minimum atomic E-state index is -0.660. The van der Waals surface area contributed by atoms with Gasteiger partial charge in [-0.25, -0.2) is 13.6 Å². The van der Waals surface area contributed by atoms with Gasteiger partial charge in [0.2, 0.25) is 0 Å². The van der Waals surface area contributed by atoms with Crippen LogP contribution < -0.4 is 15.8 Å². The van der Waals surface area contributed by atoms with Crippen LogP contribution in [0.3, 0.4) is 0 Å². The minimum Gasteiger partial charge on any atom is -0.496 e. The second-order valence-electron chi connectivity index (χ2n) is 12.1. The summed E-state index contributed by atoms with van der Waals surface area (Å²) < 4.78 is 39.6. The molecule has 1 fully saturated rings. The second kappa shape index (κ2) is 18.0. The molecule has 2 aromatic heterocycles. The molecular formula is C36H43ClF2N4O5S. The zero-order chi connectivity index (χ0) is 36.3. The lowest BCUT2D eigenvalue weighted by Gasteiger charge is -2.34. The molecule has 1 aliphatic rings. The van der Waals surface area contributed by atoms with Crippen molar-refractivity contribution in [3.05, 3.63) is 81.5 Å². The number of amides is 2. The number of thiophene rings is 1. The van der Waals surface area contributed by atoms with Crippen LogP contribution >= 0.6 is 22.9 Å². The van der Waals surface area contributed by atoms with Gasteiger partial charge < -0.3 is 25.4 Å². The topological polar surface area (TPSA) is 124 Å². The van der Waals surface area contributed by atoms with Gasteiger partial charge in [0.05, 0.1) is 22.2 Å². The lowest BCUT2D eigenvalue weighted by Crippen LogP contribution is -2.40. The molecule has 0 saturated heterocycles. The van der Waals surface area contributed by atoms with Gasteiger partial charge in [-0.05, 0) is 88.2 Å². The summed E-state index contributed by atoms with van der Waals surface area (Å²) in [5.74, 6) is -1.03. The Morgan fingerprint density at radius 1 is 1.06 bits per heavy atom. The Morgan fingerprint density at radius 2 is 1.71 bits per heavy atom. The van der Waals surface area contributed by atoms with Crippen molar-refractivity contribution in [1.82, 2.24) is 15.2 Å². The van der Waals surface area contributed by atoms with E-state index in [0.29, 0.717) is 17.7 Å². The number of alkyl carbamates (subject to hydrolysis) is 1. The number of aldehydes is 1. The SMILES string of the molecule is CN.CNC(=O)OC(C)(C)C.COc1ccc(-c2ccnc(C=O)c2)cc1CN(C(=O)c1sc2c(F)ccc(F)c2c1Cl)C1CCCCC1. The highest BCUT2D eigenvalue weighted by molar-refractivity contribution is 7.21. The molecule has 0 unspecified atom stereocenters. The number of halogens is 3. The van der Waals surface area contributed by atoms with Gasteiger partial charge in [-0.2, -0.15) is 0 Å². The summed E-state index contributed by atoms with van der Waals surface area (Å²) in [4.78, 5) is 41.7. The summed E-state index contributed by atoms with van der Waals surface area (Å²) >= 11 is 7.39. The molecule has 4 aromatic rings. The third-order valence-corrected chi connectivity index (χ3v) is 9.29. The fourth-order valence-electron chi connectivity index (χ4n) is 5.41. The Morgan fingerprint density at radius 3 is 2.29 bits per heavy atom. The number of rotatable bonds is 7. The normalized spacial score (nSPS) is 12.9. The first-order valence-corrected chi connectivity index (χ1v) is 17.0. The van der Waals surface area contributed by atoms with Crippen molar-refractivity contribution >= 4 is 51.3 Å². The van der Waals surface area contributed by atoms with Crippen LogP contribution in [0.4, 0.5) is 13.6 Å². The lowest BCUT2D eigenvalue weighted by molar-refractivity contribution is 0.0540. The molecule has 2 aromatic carbocycles. The van der Waals surface area contributed by atoms with E-state index < -0.39 is 11.6 Å². The van der Waals surface area contributed by atoms with E-state index in [1.165, 1.54) is 14.1 Å². The van der Waals surface area contributed by atoms with Crippen LogP contribution in [0.25, 0.3) is 21.2 Å². The first-order chi connectivity index (χ1) is 23.4. The van der Waals surface area contributed by atoms with Gasteiger partial charge in [-0.1, -0.05) is 36.9 Å². The Balaban J connectivity index is 0.000000515. The van der Waals surface area contributed by atoms with Crippen LogP contribution in [-0.2, 0) is 11.3 Å². The molecule has 49 heavy (non-hydrogen) atoms. The van der Waals surface area contributed by atoms with E-state index in [1.54, 1.807) is 24.3 Å². The molecule has 2 amide bonds. The van der Waals surface area contributed by atoms with Gasteiger partial charge in [0, 0.05) is 31.4 Å². The minimum absolute atomic E-state index is 0.0326. The molecule has 0 spiro atoms. The predicted molar refractivity (Wildman–Crippen MR) is 191 cm³/mol. The highest BCUT2D eigenvalue weighted by Crippen LogP contribution is 2.40. The third-order valence-electron chi connectivity index (χ3n) is 7.61. The first kappa shape index (κ1) is 39.3. The molecule has 5 rings (SSSR count). The summed E-state index contributed by atoms with van der Waals surface area (Å²) in [7, 11) is 4.60. The number of nitrogens with zero attached hydrogens (tertiary/aromatic N) is 2. The largest absolute Gasteiger partial charge is 0.496 e. The number of carbonyl (C=O) groups excluding carboxylic acids is 3. The van der Waals surface area contributed by atoms with E-state index in [4.69, 9.17) is 21.1 Å². The van der Waals surface area contributed by atoms with Crippen molar-refractivity contribution in [3.8, 4) is 16.9 Å².